The second-order valence-corrected chi connectivity index (χ2v) is 10.1. The molecule has 0 aliphatic carbocycles. The Kier molecular flexibility index (Phi) is 6.53. The van der Waals surface area contributed by atoms with Gasteiger partial charge in [0.05, 0.1) is 5.71 Å². The molecule has 1 aliphatic rings. The van der Waals surface area contributed by atoms with Crippen molar-refractivity contribution in [1.29, 1.82) is 0 Å². The van der Waals surface area contributed by atoms with Crippen LogP contribution in [0, 0.1) is 20.8 Å². The second-order valence-electron chi connectivity index (χ2n) is 8.88. The van der Waals surface area contributed by atoms with Gasteiger partial charge < -0.3 is 0 Å². The van der Waals surface area contributed by atoms with E-state index in [-0.39, 0.29) is 24.9 Å². The molecular weight excluding hydrogens is 466 g/mol. The third-order valence-corrected chi connectivity index (χ3v) is 7.62. The van der Waals surface area contributed by atoms with Gasteiger partial charge in [-0.15, -0.1) is 11.3 Å². The van der Waals surface area contributed by atoms with Gasteiger partial charge >= 0.3 is 0 Å². The van der Waals surface area contributed by atoms with Crippen LogP contribution in [0.4, 0.5) is 16.4 Å². The number of nitrogens with zero attached hydrogens (tertiary/aromatic N) is 3. The first-order chi connectivity index (χ1) is 17.4. The largest absolute Gasteiger partial charge is 0.292 e. The summed E-state index contributed by atoms with van der Waals surface area (Å²) < 4.78 is 0. The molecule has 0 spiro atoms. The minimum Gasteiger partial charge on any atom is -0.292 e. The third-order valence-electron chi connectivity index (χ3n) is 6.39. The van der Waals surface area contributed by atoms with Crippen molar-refractivity contribution in [2.45, 2.75) is 20.8 Å². The number of benzene rings is 3. The number of rotatable bonds is 5. The van der Waals surface area contributed by atoms with Crippen LogP contribution in [-0.4, -0.2) is 30.6 Å². The number of thiophene rings is 1. The third kappa shape index (κ3) is 4.48. The summed E-state index contributed by atoms with van der Waals surface area (Å²) in [5.41, 5.74) is 6.46. The van der Waals surface area contributed by atoms with Gasteiger partial charge in [0.15, 0.2) is 0 Å². The van der Waals surface area contributed by atoms with Crippen LogP contribution in [0.25, 0.3) is 0 Å². The van der Waals surface area contributed by atoms with E-state index in [1.54, 1.807) is 21.1 Å². The van der Waals surface area contributed by atoms with Crippen LogP contribution in [0.15, 0.2) is 89.9 Å². The van der Waals surface area contributed by atoms with Crippen molar-refractivity contribution < 1.29 is 9.59 Å². The Morgan fingerprint density at radius 2 is 1.56 bits per heavy atom. The molecule has 0 bridgehead atoms. The zero-order chi connectivity index (χ0) is 25.2. The fourth-order valence-corrected chi connectivity index (χ4v) is 5.66. The quantitative estimate of drug-likeness (QED) is 0.331. The highest BCUT2D eigenvalue weighted by atomic mass is 32.1. The molecule has 36 heavy (non-hydrogen) atoms. The molecule has 0 radical (unpaired) electrons. The number of hydrogen-bond donors (Lipinski definition) is 0. The van der Waals surface area contributed by atoms with Gasteiger partial charge in [0.1, 0.15) is 18.1 Å². The normalized spacial score (nSPS) is 13.1. The Hall–Kier alpha value is -4.03. The molecule has 5 rings (SSSR count). The molecule has 0 atom stereocenters. The Morgan fingerprint density at radius 3 is 2.17 bits per heavy atom. The summed E-state index contributed by atoms with van der Waals surface area (Å²) in [7, 11) is 0. The number of para-hydroxylation sites is 2. The van der Waals surface area contributed by atoms with Gasteiger partial charge in [0.2, 0.25) is 5.91 Å². The molecule has 4 aromatic rings. The van der Waals surface area contributed by atoms with E-state index in [0.717, 1.165) is 49.2 Å². The first-order valence-corrected chi connectivity index (χ1v) is 12.7. The summed E-state index contributed by atoms with van der Waals surface area (Å²) in [6.07, 6.45) is 0. The Morgan fingerprint density at radius 1 is 0.917 bits per heavy atom. The first-order valence-electron chi connectivity index (χ1n) is 11.9. The number of aliphatic imine (C=N–C) groups is 1. The summed E-state index contributed by atoms with van der Waals surface area (Å²) in [5.74, 6) is -0.371. The lowest BCUT2D eigenvalue weighted by molar-refractivity contribution is -0.121. The highest BCUT2D eigenvalue weighted by Gasteiger charge is 2.32. The summed E-state index contributed by atoms with van der Waals surface area (Å²) in [6, 6.07) is 27.2. The SMILES string of the molecule is Cc1cccc(C2=NCC(=O)N(CC(=O)N(c3ccccc3)c3ccccc3)c3sc(C)c(C)c32)c1. The van der Waals surface area contributed by atoms with E-state index in [0.29, 0.717) is 0 Å². The van der Waals surface area contributed by atoms with Gasteiger partial charge in [-0.05, 0) is 56.7 Å². The molecule has 3 aromatic carbocycles. The average molecular weight is 494 g/mol. The molecular formula is C30H27N3O2S. The predicted molar refractivity (Wildman–Crippen MR) is 148 cm³/mol. The number of hydrogen-bond acceptors (Lipinski definition) is 4. The summed E-state index contributed by atoms with van der Waals surface area (Å²) >= 11 is 1.54. The lowest BCUT2D eigenvalue weighted by Gasteiger charge is -2.27. The van der Waals surface area contributed by atoms with Gasteiger partial charge in [-0.2, -0.15) is 0 Å². The molecule has 0 N–H and O–H groups in total. The molecule has 0 saturated carbocycles. The van der Waals surface area contributed by atoms with E-state index in [1.165, 1.54) is 0 Å². The topological polar surface area (TPSA) is 53.0 Å². The van der Waals surface area contributed by atoms with Crippen molar-refractivity contribution in [3.8, 4) is 0 Å². The van der Waals surface area contributed by atoms with Crippen LogP contribution < -0.4 is 9.80 Å². The zero-order valence-electron chi connectivity index (χ0n) is 20.6. The van der Waals surface area contributed by atoms with E-state index >= 15 is 0 Å². The van der Waals surface area contributed by atoms with Crippen LogP contribution in [0.3, 0.4) is 0 Å². The van der Waals surface area contributed by atoms with Crippen molar-refractivity contribution in [3.05, 3.63) is 112 Å². The van der Waals surface area contributed by atoms with Gasteiger partial charge in [-0.1, -0.05) is 60.2 Å². The molecule has 6 heteroatoms. The lowest BCUT2D eigenvalue weighted by Crippen LogP contribution is -2.42. The molecule has 2 heterocycles. The maximum atomic E-state index is 13.9. The maximum absolute atomic E-state index is 13.9. The highest BCUT2D eigenvalue weighted by molar-refractivity contribution is 7.17. The van der Waals surface area contributed by atoms with E-state index < -0.39 is 0 Å². The van der Waals surface area contributed by atoms with Gasteiger partial charge in [-0.25, -0.2) is 0 Å². The van der Waals surface area contributed by atoms with Crippen molar-refractivity contribution in [1.82, 2.24) is 0 Å². The summed E-state index contributed by atoms with van der Waals surface area (Å²) in [4.78, 5) is 36.5. The van der Waals surface area contributed by atoms with Crippen LogP contribution in [0.5, 0.6) is 0 Å². The molecule has 5 nitrogen and oxygen atoms in total. The van der Waals surface area contributed by atoms with E-state index in [4.69, 9.17) is 4.99 Å². The Bertz CT molecular complexity index is 1420. The Labute approximate surface area is 215 Å². The van der Waals surface area contributed by atoms with Crippen LogP contribution in [0.2, 0.25) is 0 Å². The zero-order valence-corrected chi connectivity index (χ0v) is 21.4. The summed E-state index contributed by atoms with van der Waals surface area (Å²) in [6.45, 7) is 6.07. The number of aryl methyl sites for hydroxylation is 2. The molecule has 0 unspecified atom stereocenters. The van der Waals surface area contributed by atoms with Crippen molar-refractivity contribution in [2.75, 3.05) is 22.9 Å². The lowest BCUT2D eigenvalue weighted by atomic mass is 9.98. The number of carbonyl (C=O) groups is 2. The molecule has 1 aliphatic heterocycles. The van der Waals surface area contributed by atoms with E-state index in [9.17, 15) is 9.59 Å². The smallest absolute Gasteiger partial charge is 0.251 e. The molecule has 0 saturated heterocycles. The van der Waals surface area contributed by atoms with Crippen molar-refractivity contribution in [3.63, 3.8) is 0 Å². The molecule has 0 fully saturated rings. The number of anilines is 3. The minimum absolute atomic E-state index is 0.00683. The van der Waals surface area contributed by atoms with E-state index in [2.05, 4.69) is 13.0 Å². The van der Waals surface area contributed by atoms with Crippen molar-refractivity contribution in [2.24, 2.45) is 4.99 Å². The number of amides is 2. The first kappa shape index (κ1) is 23.7. The number of carbonyl (C=O) groups excluding carboxylic acids is 2. The fourth-order valence-electron chi connectivity index (χ4n) is 4.49. The standard InChI is InChI=1S/C30H27N3O2S/c1-20-11-10-12-23(17-20)29-28-21(2)22(3)36-30(28)32(26(34)18-31-29)19-27(35)33(24-13-6-4-7-14-24)25-15-8-5-9-16-25/h4-17H,18-19H2,1-3H3. The van der Waals surface area contributed by atoms with Crippen LogP contribution in [0.1, 0.15) is 27.1 Å². The minimum atomic E-state index is -0.186. The second kappa shape index (κ2) is 9.91. The Balaban J connectivity index is 1.56. The fraction of sp³-hybridized carbons (Fsp3) is 0.167. The monoisotopic (exact) mass is 493 g/mol. The van der Waals surface area contributed by atoms with Gasteiger partial charge in [0, 0.05) is 27.4 Å². The maximum Gasteiger partial charge on any atom is 0.251 e. The van der Waals surface area contributed by atoms with Crippen LogP contribution in [-0.2, 0) is 9.59 Å². The average Bonchev–Trinajstić information content (AvgIpc) is 3.10. The number of fused-ring (bicyclic) bond motifs is 1. The van der Waals surface area contributed by atoms with Gasteiger partial charge in [-0.3, -0.25) is 24.4 Å². The highest BCUT2D eigenvalue weighted by Crippen LogP contribution is 2.39. The molecule has 180 valence electrons. The summed E-state index contributed by atoms with van der Waals surface area (Å²) in [5, 5.41) is 0.780. The molecule has 1 aromatic heterocycles. The van der Waals surface area contributed by atoms with Gasteiger partial charge in [0.25, 0.3) is 5.91 Å². The van der Waals surface area contributed by atoms with Crippen molar-refractivity contribution >= 4 is 45.2 Å². The van der Waals surface area contributed by atoms with Crippen LogP contribution >= 0.6 is 11.3 Å². The predicted octanol–water partition coefficient (Wildman–Crippen LogP) is 6.22. The molecule has 2 amide bonds. The van der Waals surface area contributed by atoms with E-state index in [1.807, 2.05) is 92.7 Å².